The monoisotopic (exact) mass is 151 g/mol. The fourth-order valence-electron chi connectivity index (χ4n) is 1.46. The molecule has 0 bridgehead atoms. The van der Waals surface area contributed by atoms with Crippen LogP contribution in [-0.2, 0) is 0 Å². The van der Waals surface area contributed by atoms with Crippen molar-refractivity contribution in [3.8, 4) is 11.8 Å². The van der Waals surface area contributed by atoms with E-state index in [-0.39, 0.29) is 0 Å². The summed E-state index contributed by atoms with van der Waals surface area (Å²) in [6.07, 6.45) is 2.34. The zero-order valence-corrected chi connectivity index (χ0v) is 7.56. The fourth-order valence-corrected chi connectivity index (χ4v) is 1.46. The third-order valence-corrected chi connectivity index (χ3v) is 2.11. The first-order chi connectivity index (χ1) is 5.33. The molecule has 0 aromatic heterocycles. The molecule has 0 aromatic rings. The molecule has 0 spiro atoms. The second-order valence-electron chi connectivity index (χ2n) is 3.34. The summed E-state index contributed by atoms with van der Waals surface area (Å²) in [4.78, 5) is 2.44. The number of hydrogen-bond acceptors (Lipinski definition) is 1. The predicted octanol–water partition coefficient (Wildman–Crippen LogP) is 1.74. The molecule has 1 aliphatic rings. The van der Waals surface area contributed by atoms with Gasteiger partial charge in [-0.05, 0) is 18.9 Å². The Morgan fingerprint density at radius 1 is 1.45 bits per heavy atom. The van der Waals surface area contributed by atoms with Crippen molar-refractivity contribution in [1.29, 1.82) is 0 Å². The minimum Gasteiger partial charge on any atom is -0.292 e. The molecule has 1 aliphatic heterocycles. The highest BCUT2D eigenvalue weighted by Crippen LogP contribution is 2.13. The maximum absolute atomic E-state index is 3.17. The van der Waals surface area contributed by atoms with E-state index in [0.29, 0.717) is 0 Å². The van der Waals surface area contributed by atoms with Gasteiger partial charge in [0.25, 0.3) is 0 Å². The molecule has 1 saturated heterocycles. The van der Waals surface area contributed by atoms with Crippen molar-refractivity contribution in [1.82, 2.24) is 4.90 Å². The molecule has 11 heavy (non-hydrogen) atoms. The van der Waals surface area contributed by atoms with E-state index in [2.05, 4.69) is 30.6 Å². The lowest BCUT2D eigenvalue weighted by atomic mass is 10.2. The van der Waals surface area contributed by atoms with Gasteiger partial charge in [0, 0.05) is 13.0 Å². The zero-order chi connectivity index (χ0) is 8.10. The van der Waals surface area contributed by atoms with E-state index < -0.39 is 0 Å². The van der Waals surface area contributed by atoms with Gasteiger partial charge in [-0.15, -0.1) is 5.92 Å². The molecule has 1 fully saturated rings. The standard InChI is InChI=1S/C10H17N/c1-3-4-5-7-11-8-6-10(2)9-11/h10H,3,6-9H2,1-2H3. The first-order valence-corrected chi connectivity index (χ1v) is 4.51. The summed E-state index contributed by atoms with van der Waals surface area (Å²) in [5.41, 5.74) is 0. The molecule has 0 aromatic carbocycles. The quantitative estimate of drug-likeness (QED) is 0.516. The minimum absolute atomic E-state index is 0.887. The molecule has 0 N–H and O–H groups in total. The SMILES string of the molecule is CCC#CCN1CCC(C)C1. The summed E-state index contributed by atoms with van der Waals surface area (Å²) in [5.74, 6) is 7.16. The Morgan fingerprint density at radius 2 is 2.27 bits per heavy atom. The summed E-state index contributed by atoms with van der Waals surface area (Å²) >= 11 is 0. The van der Waals surface area contributed by atoms with Crippen LogP contribution in [0, 0.1) is 17.8 Å². The van der Waals surface area contributed by atoms with Crippen molar-refractivity contribution >= 4 is 0 Å². The Balaban J connectivity index is 2.18. The van der Waals surface area contributed by atoms with Crippen LogP contribution in [-0.4, -0.2) is 24.5 Å². The van der Waals surface area contributed by atoms with Gasteiger partial charge in [0.05, 0.1) is 6.54 Å². The summed E-state index contributed by atoms with van der Waals surface area (Å²) in [5, 5.41) is 0. The molecule has 1 nitrogen and oxygen atoms in total. The first kappa shape index (κ1) is 8.62. The molecular formula is C10H17N. The van der Waals surface area contributed by atoms with Crippen LogP contribution in [0.4, 0.5) is 0 Å². The molecular weight excluding hydrogens is 134 g/mol. The molecule has 1 heteroatoms. The van der Waals surface area contributed by atoms with Gasteiger partial charge in [-0.25, -0.2) is 0 Å². The summed E-state index contributed by atoms with van der Waals surface area (Å²) in [6, 6.07) is 0. The van der Waals surface area contributed by atoms with Gasteiger partial charge >= 0.3 is 0 Å². The Bertz CT molecular complexity index is 163. The largest absolute Gasteiger partial charge is 0.292 e. The molecule has 0 aliphatic carbocycles. The third kappa shape index (κ3) is 2.95. The van der Waals surface area contributed by atoms with Gasteiger partial charge in [-0.1, -0.05) is 19.8 Å². The van der Waals surface area contributed by atoms with E-state index >= 15 is 0 Å². The van der Waals surface area contributed by atoms with E-state index in [9.17, 15) is 0 Å². The second-order valence-corrected chi connectivity index (χ2v) is 3.34. The van der Waals surface area contributed by atoms with Crippen molar-refractivity contribution in [3.63, 3.8) is 0 Å². The number of likely N-dealkylation sites (tertiary alicyclic amines) is 1. The number of hydrogen-bond donors (Lipinski definition) is 0. The molecule has 0 saturated carbocycles. The average Bonchev–Trinajstić information content (AvgIpc) is 2.37. The van der Waals surface area contributed by atoms with Crippen LogP contribution in [0.15, 0.2) is 0 Å². The minimum atomic E-state index is 0.887. The van der Waals surface area contributed by atoms with Gasteiger partial charge in [-0.2, -0.15) is 0 Å². The molecule has 1 unspecified atom stereocenters. The van der Waals surface area contributed by atoms with Gasteiger partial charge in [-0.3, -0.25) is 4.90 Å². The van der Waals surface area contributed by atoms with Gasteiger partial charge in [0.1, 0.15) is 0 Å². The smallest absolute Gasteiger partial charge is 0.0601 e. The molecule has 1 atom stereocenters. The van der Waals surface area contributed by atoms with Crippen LogP contribution in [0.2, 0.25) is 0 Å². The predicted molar refractivity (Wildman–Crippen MR) is 48.3 cm³/mol. The van der Waals surface area contributed by atoms with Crippen LogP contribution in [0.5, 0.6) is 0 Å². The van der Waals surface area contributed by atoms with Gasteiger partial charge < -0.3 is 0 Å². The Kier molecular flexibility index (Phi) is 3.45. The van der Waals surface area contributed by atoms with Crippen LogP contribution in [0.3, 0.4) is 0 Å². The molecule has 1 rings (SSSR count). The van der Waals surface area contributed by atoms with Gasteiger partial charge in [0.15, 0.2) is 0 Å². The fraction of sp³-hybridized carbons (Fsp3) is 0.800. The van der Waals surface area contributed by atoms with Crippen molar-refractivity contribution in [2.45, 2.75) is 26.7 Å². The molecule has 62 valence electrons. The lowest BCUT2D eigenvalue weighted by Gasteiger charge is -2.09. The lowest BCUT2D eigenvalue weighted by molar-refractivity contribution is 0.369. The molecule has 0 amide bonds. The zero-order valence-electron chi connectivity index (χ0n) is 7.56. The highest BCUT2D eigenvalue weighted by molar-refractivity contribution is 5.00. The van der Waals surface area contributed by atoms with E-state index in [1.165, 1.54) is 19.5 Å². The topological polar surface area (TPSA) is 3.24 Å². The second kappa shape index (κ2) is 4.41. The highest BCUT2D eigenvalue weighted by Gasteiger charge is 2.16. The van der Waals surface area contributed by atoms with Gasteiger partial charge in [0.2, 0.25) is 0 Å². The Labute approximate surface area is 69.8 Å². The van der Waals surface area contributed by atoms with Crippen molar-refractivity contribution in [2.75, 3.05) is 19.6 Å². The number of rotatable bonds is 1. The van der Waals surface area contributed by atoms with Crippen molar-refractivity contribution in [2.24, 2.45) is 5.92 Å². The number of nitrogens with zero attached hydrogens (tertiary/aromatic N) is 1. The van der Waals surface area contributed by atoms with E-state index in [0.717, 1.165) is 18.9 Å². The van der Waals surface area contributed by atoms with E-state index in [1.807, 2.05) is 0 Å². The van der Waals surface area contributed by atoms with Crippen molar-refractivity contribution < 1.29 is 0 Å². The Hall–Kier alpha value is -0.480. The maximum atomic E-state index is 3.17. The summed E-state index contributed by atoms with van der Waals surface area (Å²) in [7, 11) is 0. The maximum Gasteiger partial charge on any atom is 0.0601 e. The Morgan fingerprint density at radius 3 is 2.82 bits per heavy atom. The van der Waals surface area contributed by atoms with Crippen LogP contribution in [0.25, 0.3) is 0 Å². The molecule has 0 radical (unpaired) electrons. The normalized spacial score (nSPS) is 24.7. The average molecular weight is 151 g/mol. The summed E-state index contributed by atoms with van der Waals surface area (Å²) in [6.45, 7) is 7.89. The van der Waals surface area contributed by atoms with Crippen LogP contribution < -0.4 is 0 Å². The van der Waals surface area contributed by atoms with Crippen molar-refractivity contribution in [3.05, 3.63) is 0 Å². The highest BCUT2D eigenvalue weighted by atomic mass is 15.1. The molecule has 1 heterocycles. The van der Waals surface area contributed by atoms with E-state index in [4.69, 9.17) is 0 Å². The van der Waals surface area contributed by atoms with E-state index in [1.54, 1.807) is 0 Å². The first-order valence-electron chi connectivity index (χ1n) is 4.51. The van der Waals surface area contributed by atoms with Crippen LogP contribution >= 0.6 is 0 Å². The summed E-state index contributed by atoms with van der Waals surface area (Å²) < 4.78 is 0. The van der Waals surface area contributed by atoms with Crippen LogP contribution in [0.1, 0.15) is 26.7 Å². The third-order valence-electron chi connectivity index (χ3n) is 2.11. The lowest BCUT2D eigenvalue weighted by Crippen LogP contribution is -2.20.